The van der Waals surface area contributed by atoms with Gasteiger partial charge in [0.25, 0.3) is 5.56 Å². The minimum absolute atomic E-state index is 0.0350. The lowest BCUT2D eigenvalue weighted by Gasteiger charge is -2.14. The summed E-state index contributed by atoms with van der Waals surface area (Å²) in [6.07, 6.45) is 1.39. The average molecular weight is 579 g/mol. The topological polar surface area (TPSA) is 109 Å². The molecule has 1 aromatic heterocycles. The molecular formula is C28H27BrN4O5. The van der Waals surface area contributed by atoms with Crippen molar-refractivity contribution < 1.29 is 14.4 Å². The minimum Gasteiger partial charge on any atom is -0.490 e. The Morgan fingerprint density at radius 3 is 2.63 bits per heavy atom. The molecule has 38 heavy (non-hydrogen) atoms. The zero-order valence-electron chi connectivity index (χ0n) is 21.5. The van der Waals surface area contributed by atoms with Crippen LogP contribution >= 0.6 is 15.9 Å². The van der Waals surface area contributed by atoms with Crippen molar-refractivity contribution in [1.82, 2.24) is 9.66 Å². The summed E-state index contributed by atoms with van der Waals surface area (Å²) in [7, 11) is 0. The molecule has 0 radical (unpaired) electrons. The number of ether oxygens (including phenoxy) is 2. The summed E-state index contributed by atoms with van der Waals surface area (Å²) < 4.78 is 13.6. The summed E-state index contributed by atoms with van der Waals surface area (Å²) in [5, 5.41) is 16.8. The van der Waals surface area contributed by atoms with Crippen LogP contribution in [0.5, 0.6) is 11.5 Å². The van der Waals surface area contributed by atoms with Gasteiger partial charge in [0.1, 0.15) is 12.4 Å². The van der Waals surface area contributed by atoms with Gasteiger partial charge in [0.2, 0.25) is 5.75 Å². The molecule has 0 amide bonds. The molecular weight excluding hydrogens is 552 g/mol. The molecule has 0 spiro atoms. The Hall–Kier alpha value is -4.05. The van der Waals surface area contributed by atoms with Gasteiger partial charge < -0.3 is 9.47 Å². The molecule has 196 valence electrons. The van der Waals surface area contributed by atoms with Gasteiger partial charge in [-0.15, -0.1) is 0 Å². The van der Waals surface area contributed by atoms with Crippen LogP contribution in [0.25, 0.3) is 10.9 Å². The molecule has 0 saturated heterocycles. The van der Waals surface area contributed by atoms with Crippen LogP contribution < -0.4 is 15.0 Å². The molecule has 1 heterocycles. The summed E-state index contributed by atoms with van der Waals surface area (Å²) in [6.45, 7) is 7.99. The van der Waals surface area contributed by atoms with Gasteiger partial charge in [-0.2, -0.15) is 9.78 Å². The quantitative estimate of drug-likeness (QED) is 0.130. The van der Waals surface area contributed by atoms with Crippen LogP contribution in [-0.4, -0.2) is 27.4 Å². The lowest BCUT2D eigenvalue weighted by atomic mass is 10.1. The number of fused-ring (bicyclic) bond motifs is 1. The fourth-order valence-corrected chi connectivity index (χ4v) is 4.32. The smallest absolute Gasteiger partial charge is 0.315 e. The predicted octanol–water partition coefficient (Wildman–Crippen LogP) is 6.36. The Labute approximate surface area is 228 Å². The summed E-state index contributed by atoms with van der Waals surface area (Å²) in [4.78, 5) is 29.4. The van der Waals surface area contributed by atoms with Crippen LogP contribution in [0, 0.1) is 17.0 Å². The van der Waals surface area contributed by atoms with Crippen LogP contribution in [-0.2, 0) is 6.61 Å². The Morgan fingerprint density at radius 1 is 1.16 bits per heavy atom. The van der Waals surface area contributed by atoms with Gasteiger partial charge in [0.05, 0.1) is 28.6 Å². The summed E-state index contributed by atoms with van der Waals surface area (Å²) in [6, 6.07) is 16.0. The monoisotopic (exact) mass is 578 g/mol. The van der Waals surface area contributed by atoms with E-state index in [1.54, 1.807) is 25.1 Å². The molecule has 9 nitrogen and oxygen atoms in total. The van der Waals surface area contributed by atoms with Crippen LogP contribution in [0.2, 0.25) is 0 Å². The van der Waals surface area contributed by atoms with E-state index < -0.39 is 4.92 Å². The molecule has 0 aliphatic rings. The lowest BCUT2D eigenvalue weighted by molar-refractivity contribution is -0.386. The third-order valence-electron chi connectivity index (χ3n) is 5.69. The Morgan fingerprint density at radius 2 is 1.95 bits per heavy atom. The fourth-order valence-electron chi connectivity index (χ4n) is 3.96. The Balaban J connectivity index is 1.77. The first-order valence-electron chi connectivity index (χ1n) is 12.1. The van der Waals surface area contributed by atoms with E-state index in [9.17, 15) is 14.9 Å². The van der Waals surface area contributed by atoms with E-state index in [-0.39, 0.29) is 41.9 Å². The van der Waals surface area contributed by atoms with Crippen molar-refractivity contribution in [1.29, 1.82) is 0 Å². The number of aromatic nitrogens is 2. The van der Waals surface area contributed by atoms with E-state index in [4.69, 9.17) is 9.47 Å². The van der Waals surface area contributed by atoms with Crippen LogP contribution in [0.3, 0.4) is 0 Å². The van der Waals surface area contributed by atoms with Gasteiger partial charge in [-0.25, -0.2) is 4.98 Å². The van der Waals surface area contributed by atoms with Gasteiger partial charge in [-0.1, -0.05) is 59.6 Å². The molecule has 0 aliphatic carbocycles. The first-order chi connectivity index (χ1) is 18.2. The minimum atomic E-state index is -0.522. The molecule has 0 aliphatic heterocycles. The maximum absolute atomic E-state index is 13.3. The molecule has 0 bridgehead atoms. The van der Waals surface area contributed by atoms with Crippen LogP contribution in [0.1, 0.15) is 49.2 Å². The highest BCUT2D eigenvalue weighted by atomic mass is 79.9. The summed E-state index contributed by atoms with van der Waals surface area (Å²) in [5.74, 6) is 0.623. The van der Waals surface area contributed by atoms with E-state index in [0.717, 1.165) is 15.6 Å². The number of rotatable bonds is 9. The second-order valence-corrected chi connectivity index (χ2v) is 9.90. The predicted molar refractivity (Wildman–Crippen MR) is 151 cm³/mol. The molecule has 0 atom stereocenters. The van der Waals surface area contributed by atoms with Crippen molar-refractivity contribution >= 4 is 38.7 Å². The number of nitro benzene ring substituents is 1. The third kappa shape index (κ3) is 5.91. The van der Waals surface area contributed by atoms with Gasteiger partial charge >= 0.3 is 5.69 Å². The molecule has 0 fully saturated rings. The standard InChI is InChI=1S/C28H27BrN4O5/c1-5-37-25-13-20(12-24(33(35)36)26(25)38-16-19-8-6-7-18(4)11-19)15-30-32-27(17(2)3)31-23-10-9-21(29)14-22(23)28(32)34/h6-15,17H,5,16H2,1-4H3. The first kappa shape index (κ1) is 27.0. The second-order valence-electron chi connectivity index (χ2n) is 8.98. The van der Waals surface area contributed by atoms with Crippen molar-refractivity contribution in [2.45, 2.75) is 40.2 Å². The number of hydrogen-bond acceptors (Lipinski definition) is 7. The SMILES string of the molecule is CCOc1cc(C=Nn2c(C(C)C)nc3ccc(Br)cc3c2=O)cc([N+](=O)[O-])c1OCc1cccc(C)c1. The van der Waals surface area contributed by atoms with Crippen molar-refractivity contribution in [3.05, 3.63) is 102 Å². The zero-order valence-corrected chi connectivity index (χ0v) is 23.1. The first-order valence-corrected chi connectivity index (χ1v) is 12.9. The molecule has 4 aromatic rings. The normalized spacial score (nSPS) is 11.4. The molecule has 10 heteroatoms. The third-order valence-corrected chi connectivity index (χ3v) is 6.19. The van der Waals surface area contributed by atoms with Crippen molar-refractivity contribution in [2.24, 2.45) is 5.10 Å². The van der Waals surface area contributed by atoms with Gasteiger partial charge in [0, 0.05) is 22.0 Å². The van der Waals surface area contributed by atoms with Crippen molar-refractivity contribution in [2.75, 3.05) is 6.61 Å². The zero-order chi connectivity index (χ0) is 27.4. The fraction of sp³-hybridized carbons (Fsp3) is 0.250. The molecule has 0 unspecified atom stereocenters. The van der Waals surface area contributed by atoms with Gasteiger partial charge in [-0.3, -0.25) is 14.9 Å². The Bertz CT molecular complexity index is 1600. The van der Waals surface area contributed by atoms with E-state index in [1.807, 2.05) is 51.1 Å². The van der Waals surface area contributed by atoms with E-state index in [0.29, 0.717) is 22.3 Å². The van der Waals surface area contributed by atoms with Crippen molar-refractivity contribution in [3.8, 4) is 11.5 Å². The van der Waals surface area contributed by atoms with Crippen molar-refractivity contribution in [3.63, 3.8) is 0 Å². The summed E-state index contributed by atoms with van der Waals surface area (Å²) in [5.41, 5.74) is 2.28. The van der Waals surface area contributed by atoms with E-state index in [1.165, 1.54) is 17.0 Å². The average Bonchev–Trinajstić information content (AvgIpc) is 2.87. The molecule has 3 aromatic carbocycles. The highest BCUT2D eigenvalue weighted by Crippen LogP contribution is 2.39. The Kier molecular flexibility index (Phi) is 8.21. The van der Waals surface area contributed by atoms with Crippen LogP contribution in [0.4, 0.5) is 5.69 Å². The number of hydrogen-bond donors (Lipinski definition) is 0. The highest BCUT2D eigenvalue weighted by molar-refractivity contribution is 9.10. The second kappa shape index (κ2) is 11.6. The van der Waals surface area contributed by atoms with E-state index >= 15 is 0 Å². The maximum Gasteiger partial charge on any atom is 0.315 e. The highest BCUT2D eigenvalue weighted by Gasteiger charge is 2.23. The molecule has 0 N–H and O–H groups in total. The number of nitrogens with zero attached hydrogens (tertiary/aromatic N) is 4. The van der Waals surface area contributed by atoms with Crippen LogP contribution in [0.15, 0.2) is 69.0 Å². The van der Waals surface area contributed by atoms with E-state index in [2.05, 4.69) is 26.0 Å². The molecule has 0 saturated carbocycles. The number of benzene rings is 3. The number of halogens is 1. The lowest BCUT2D eigenvalue weighted by Crippen LogP contribution is -2.23. The summed E-state index contributed by atoms with van der Waals surface area (Å²) >= 11 is 3.39. The maximum atomic E-state index is 13.3. The number of aryl methyl sites for hydroxylation is 1. The molecule has 4 rings (SSSR count). The van der Waals surface area contributed by atoms with Gasteiger partial charge in [-0.05, 0) is 43.7 Å². The number of nitro groups is 1. The van der Waals surface area contributed by atoms with Gasteiger partial charge in [0.15, 0.2) is 5.75 Å². The largest absolute Gasteiger partial charge is 0.490 e.